The number of amides is 1. The van der Waals surface area contributed by atoms with Crippen LogP contribution in [0.4, 0.5) is 0 Å². The van der Waals surface area contributed by atoms with Gasteiger partial charge in [0.1, 0.15) is 0 Å². The van der Waals surface area contributed by atoms with Gasteiger partial charge in [-0.15, -0.1) is 11.8 Å². The van der Waals surface area contributed by atoms with E-state index in [-0.39, 0.29) is 18.5 Å². The Hall–Kier alpha value is -0.310. The van der Waals surface area contributed by atoms with Gasteiger partial charge in [0.05, 0.1) is 12.3 Å². The van der Waals surface area contributed by atoms with Crippen LogP contribution in [-0.2, 0) is 14.8 Å². The van der Waals surface area contributed by atoms with Crippen LogP contribution in [0.25, 0.3) is 0 Å². The molecule has 88 valence electrons. The first kappa shape index (κ1) is 12.8. The Morgan fingerprint density at radius 2 is 2.27 bits per heavy atom. The van der Waals surface area contributed by atoms with Gasteiger partial charge < -0.3 is 5.32 Å². The number of carbonyl (C=O) groups excluding carboxylic acids is 1. The van der Waals surface area contributed by atoms with Crippen LogP contribution in [0.2, 0.25) is 0 Å². The maximum absolute atomic E-state index is 11.4. The van der Waals surface area contributed by atoms with Gasteiger partial charge in [-0.3, -0.25) is 10.1 Å². The van der Waals surface area contributed by atoms with Gasteiger partial charge in [-0.1, -0.05) is 0 Å². The highest BCUT2D eigenvalue weighted by Crippen LogP contribution is 2.08. The number of sulfonamides is 1. The zero-order valence-corrected chi connectivity index (χ0v) is 10.1. The van der Waals surface area contributed by atoms with E-state index in [1.807, 2.05) is 0 Å². The molecule has 0 spiro atoms. The average molecular weight is 253 g/mol. The van der Waals surface area contributed by atoms with E-state index < -0.39 is 10.0 Å². The quantitative estimate of drug-likeness (QED) is 0.509. The van der Waals surface area contributed by atoms with Crippen molar-refractivity contribution < 1.29 is 13.2 Å². The van der Waals surface area contributed by atoms with Crippen molar-refractivity contribution in [3.63, 3.8) is 0 Å². The predicted octanol–water partition coefficient (Wildman–Crippen LogP) is -1.69. The summed E-state index contributed by atoms with van der Waals surface area (Å²) in [6.07, 6.45) is 1.09. The molecule has 0 aliphatic carbocycles. The molecule has 15 heavy (non-hydrogen) atoms. The average Bonchev–Trinajstić information content (AvgIpc) is 2.63. The van der Waals surface area contributed by atoms with Gasteiger partial charge in [0.2, 0.25) is 15.9 Å². The van der Waals surface area contributed by atoms with Gasteiger partial charge >= 0.3 is 0 Å². The molecule has 0 radical (unpaired) electrons. The minimum atomic E-state index is -3.16. The van der Waals surface area contributed by atoms with E-state index in [0.29, 0.717) is 6.54 Å². The van der Waals surface area contributed by atoms with E-state index in [1.165, 1.54) is 0 Å². The third kappa shape index (κ3) is 5.36. The lowest BCUT2D eigenvalue weighted by molar-refractivity contribution is -0.122. The van der Waals surface area contributed by atoms with Crippen LogP contribution in [0.5, 0.6) is 0 Å². The van der Waals surface area contributed by atoms with Gasteiger partial charge in [-0.05, 0) is 0 Å². The van der Waals surface area contributed by atoms with Crippen LogP contribution in [-0.4, -0.2) is 51.3 Å². The summed E-state index contributed by atoms with van der Waals surface area (Å²) in [6.45, 7) is 0.541. The van der Waals surface area contributed by atoms with Gasteiger partial charge in [0.25, 0.3) is 0 Å². The summed E-state index contributed by atoms with van der Waals surface area (Å²) in [7, 11) is -3.16. The molecule has 6 nitrogen and oxygen atoms in total. The van der Waals surface area contributed by atoms with Gasteiger partial charge in [-0.2, -0.15) is 0 Å². The van der Waals surface area contributed by atoms with Crippen molar-refractivity contribution in [2.75, 3.05) is 31.0 Å². The standard InChI is InChI=1S/C7H15N3O3S2/c1-15(12,13)10-3-2-8-7(11)6-4-14-5-9-6/h6,9-10H,2-5H2,1H3,(H,8,11). The second-order valence-corrected chi connectivity index (χ2v) is 6.09. The molecule has 0 aromatic heterocycles. The fraction of sp³-hybridized carbons (Fsp3) is 0.857. The maximum atomic E-state index is 11.4. The van der Waals surface area contributed by atoms with Crippen molar-refractivity contribution in [1.82, 2.24) is 15.4 Å². The number of hydrogen-bond donors (Lipinski definition) is 3. The molecule has 1 amide bonds. The third-order valence-electron chi connectivity index (χ3n) is 1.82. The van der Waals surface area contributed by atoms with Crippen molar-refractivity contribution in [3.8, 4) is 0 Å². The molecule has 1 rings (SSSR count). The molecular formula is C7H15N3O3S2. The molecule has 8 heteroatoms. The SMILES string of the molecule is CS(=O)(=O)NCCNC(=O)C1CSCN1. The first-order valence-electron chi connectivity index (χ1n) is 4.52. The van der Waals surface area contributed by atoms with Crippen LogP contribution in [0.1, 0.15) is 0 Å². The van der Waals surface area contributed by atoms with E-state index in [0.717, 1.165) is 17.9 Å². The van der Waals surface area contributed by atoms with E-state index in [4.69, 9.17) is 0 Å². The normalized spacial score (nSPS) is 21.5. The highest BCUT2D eigenvalue weighted by Gasteiger charge is 2.21. The first-order valence-corrected chi connectivity index (χ1v) is 7.57. The highest BCUT2D eigenvalue weighted by atomic mass is 32.2. The number of thioether (sulfide) groups is 1. The summed E-state index contributed by atoms with van der Waals surface area (Å²) in [5.74, 6) is 1.49. The van der Waals surface area contributed by atoms with Crippen LogP contribution in [0, 0.1) is 0 Å². The van der Waals surface area contributed by atoms with Crippen LogP contribution >= 0.6 is 11.8 Å². The Balaban J connectivity index is 2.12. The largest absolute Gasteiger partial charge is 0.353 e. The minimum Gasteiger partial charge on any atom is -0.353 e. The van der Waals surface area contributed by atoms with Crippen LogP contribution < -0.4 is 15.4 Å². The van der Waals surface area contributed by atoms with Gasteiger partial charge in [0.15, 0.2) is 0 Å². The monoisotopic (exact) mass is 253 g/mol. The molecular weight excluding hydrogens is 238 g/mol. The topological polar surface area (TPSA) is 87.3 Å². The number of rotatable bonds is 5. The lowest BCUT2D eigenvalue weighted by Crippen LogP contribution is -2.44. The second-order valence-electron chi connectivity index (χ2n) is 3.23. The molecule has 3 N–H and O–H groups in total. The van der Waals surface area contributed by atoms with E-state index in [2.05, 4.69) is 15.4 Å². The van der Waals surface area contributed by atoms with Crippen LogP contribution in [0.3, 0.4) is 0 Å². The third-order valence-corrected chi connectivity index (χ3v) is 3.49. The number of hydrogen-bond acceptors (Lipinski definition) is 5. The molecule has 1 unspecified atom stereocenters. The van der Waals surface area contributed by atoms with Gasteiger partial charge in [-0.25, -0.2) is 13.1 Å². The molecule has 1 aliphatic heterocycles. The van der Waals surface area contributed by atoms with Crippen molar-refractivity contribution in [3.05, 3.63) is 0 Å². The lowest BCUT2D eigenvalue weighted by Gasteiger charge is -2.10. The molecule has 1 heterocycles. The van der Waals surface area contributed by atoms with Crippen molar-refractivity contribution in [2.24, 2.45) is 0 Å². The first-order chi connectivity index (χ1) is 6.99. The van der Waals surface area contributed by atoms with Crippen molar-refractivity contribution in [1.29, 1.82) is 0 Å². The molecule has 0 aromatic carbocycles. The Labute approximate surface area is 93.6 Å². The maximum Gasteiger partial charge on any atom is 0.238 e. The summed E-state index contributed by atoms with van der Waals surface area (Å²) in [5.41, 5.74) is 0. The molecule has 1 aliphatic rings. The van der Waals surface area contributed by atoms with E-state index in [9.17, 15) is 13.2 Å². The van der Waals surface area contributed by atoms with Crippen molar-refractivity contribution >= 4 is 27.7 Å². The summed E-state index contributed by atoms with van der Waals surface area (Å²) < 4.78 is 23.7. The Morgan fingerprint density at radius 1 is 1.53 bits per heavy atom. The fourth-order valence-electron chi connectivity index (χ4n) is 1.11. The summed E-state index contributed by atoms with van der Waals surface area (Å²) >= 11 is 1.67. The van der Waals surface area contributed by atoms with E-state index >= 15 is 0 Å². The smallest absolute Gasteiger partial charge is 0.238 e. The molecule has 1 fully saturated rings. The minimum absolute atomic E-state index is 0.0738. The molecule has 1 saturated heterocycles. The van der Waals surface area contributed by atoms with Crippen molar-refractivity contribution in [2.45, 2.75) is 6.04 Å². The lowest BCUT2D eigenvalue weighted by atomic mass is 10.3. The molecule has 0 aromatic rings. The second kappa shape index (κ2) is 5.69. The fourth-order valence-corrected chi connectivity index (χ4v) is 2.52. The zero-order chi connectivity index (χ0) is 11.3. The number of carbonyl (C=O) groups is 1. The summed E-state index contributed by atoms with van der Waals surface area (Å²) in [5, 5.41) is 5.68. The molecule has 0 saturated carbocycles. The van der Waals surface area contributed by atoms with Crippen LogP contribution in [0.15, 0.2) is 0 Å². The summed E-state index contributed by atoms with van der Waals surface area (Å²) in [6, 6.07) is -0.145. The zero-order valence-electron chi connectivity index (χ0n) is 8.45. The predicted molar refractivity (Wildman–Crippen MR) is 60.1 cm³/mol. The number of nitrogens with one attached hydrogen (secondary N) is 3. The highest BCUT2D eigenvalue weighted by molar-refractivity contribution is 7.99. The Morgan fingerprint density at radius 3 is 2.80 bits per heavy atom. The summed E-state index contributed by atoms with van der Waals surface area (Å²) in [4.78, 5) is 11.4. The molecule has 0 bridgehead atoms. The Kier molecular flexibility index (Phi) is 4.84. The molecule has 1 atom stereocenters. The van der Waals surface area contributed by atoms with E-state index in [1.54, 1.807) is 11.8 Å². The van der Waals surface area contributed by atoms with Gasteiger partial charge in [0, 0.05) is 24.7 Å². The Bertz CT molecular complexity index is 311.